The van der Waals surface area contributed by atoms with E-state index in [1.54, 1.807) is 30.5 Å². The molecule has 6 heteroatoms. The third kappa shape index (κ3) is 4.62. The van der Waals surface area contributed by atoms with Gasteiger partial charge in [-0.3, -0.25) is 4.79 Å². The number of pyridine rings is 1. The van der Waals surface area contributed by atoms with Gasteiger partial charge in [-0.15, -0.1) is 0 Å². The number of fused-ring (bicyclic) bond motifs is 1. The fourth-order valence-corrected chi connectivity index (χ4v) is 2.45. The van der Waals surface area contributed by atoms with Crippen LogP contribution in [-0.4, -0.2) is 30.6 Å². The summed E-state index contributed by atoms with van der Waals surface area (Å²) in [5, 5.41) is 6.13. The Morgan fingerprint density at radius 2 is 1.88 bits per heavy atom. The first-order valence-electron chi connectivity index (χ1n) is 8.53. The average molecular weight is 341 g/mol. The molecular weight excluding hydrogens is 318 g/mol. The Labute approximate surface area is 147 Å². The number of amides is 1. The number of hydrogen-bond donors (Lipinski definition) is 2. The van der Waals surface area contributed by atoms with Gasteiger partial charge in [0.1, 0.15) is 18.9 Å². The summed E-state index contributed by atoms with van der Waals surface area (Å²) in [5.41, 5.74) is 1.93. The normalized spacial score (nSPS) is 12.8. The Balaban J connectivity index is 1.59. The molecule has 0 bridgehead atoms. The summed E-state index contributed by atoms with van der Waals surface area (Å²) >= 11 is 0. The summed E-state index contributed by atoms with van der Waals surface area (Å²) in [4.78, 5) is 16.6. The Bertz CT molecular complexity index is 729. The summed E-state index contributed by atoms with van der Waals surface area (Å²) in [7, 11) is 0. The van der Waals surface area contributed by atoms with Gasteiger partial charge in [0.25, 0.3) is 5.91 Å². The van der Waals surface area contributed by atoms with E-state index in [1.165, 1.54) is 0 Å². The Morgan fingerprint density at radius 3 is 2.60 bits per heavy atom. The van der Waals surface area contributed by atoms with Gasteiger partial charge in [-0.25, -0.2) is 4.98 Å². The summed E-state index contributed by atoms with van der Waals surface area (Å²) in [6.45, 7) is 6.32. The summed E-state index contributed by atoms with van der Waals surface area (Å²) in [6, 6.07) is 8.91. The summed E-state index contributed by atoms with van der Waals surface area (Å²) in [6.07, 6.45) is 2.77. The molecule has 0 saturated carbocycles. The van der Waals surface area contributed by atoms with Crippen LogP contribution in [0, 0.1) is 5.92 Å². The number of nitrogens with zero attached hydrogens (tertiary/aromatic N) is 1. The zero-order valence-corrected chi connectivity index (χ0v) is 14.5. The molecule has 0 unspecified atom stereocenters. The van der Waals surface area contributed by atoms with Crippen molar-refractivity contribution in [2.45, 2.75) is 20.3 Å². The van der Waals surface area contributed by atoms with E-state index in [9.17, 15) is 4.79 Å². The zero-order valence-electron chi connectivity index (χ0n) is 14.5. The molecule has 1 aromatic heterocycles. The second-order valence-corrected chi connectivity index (χ2v) is 6.35. The van der Waals surface area contributed by atoms with Crippen LogP contribution in [0.25, 0.3) is 0 Å². The van der Waals surface area contributed by atoms with Crippen LogP contribution in [0.5, 0.6) is 11.5 Å². The van der Waals surface area contributed by atoms with Crippen molar-refractivity contribution in [3.8, 4) is 11.5 Å². The second kappa shape index (κ2) is 7.88. The zero-order chi connectivity index (χ0) is 17.6. The lowest BCUT2D eigenvalue weighted by Crippen LogP contribution is -2.17. The van der Waals surface area contributed by atoms with Crippen LogP contribution in [0.2, 0.25) is 0 Å². The van der Waals surface area contributed by atoms with Gasteiger partial charge in [-0.2, -0.15) is 0 Å². The molecular formula is C19H23N3O3. The van der Waals surface area contributed by atoms with Crippen LogP contribution in [0.4, 0.5) is 11.4 Å². The Morgan fingerprint density at radius 1 is 1.12 bits per heavy atom. The molecule has 1 aromatic carbocycles. The van der Waals surface area contributed by atoms with Crippen LogP contribution >= 0.6 is 0 Å². The highest BCUT2D eigenvalue weighted by molar-refractivity contribution is 6.03. The molecule has 3 rings (SSSR count). The van der Waals surface area contributed by atoms with Gasteiger partial charge in [0.15, 0.2) is 11.5 Å². The SMILES string of the molecule is CC(C)CCNc1ccc(C(=O)Nc2ccc3c(c2)OCCO3)nc1. The standard InChI is InChI=1S/C19H23N3O3/c1-13(2)7-8-20-15-3-5-16(21-12-15)19(23)22-14-4-6-17-18(11-14)25-10-9-24-17/h3-6,11-13,20H,7-10H2,1-2H3,(H,22,23). The van der Waals surface area contributed by atoms with Gasteiger partial charge in [-0.1, -0.05) is 13.8 Å². The molecule has 2 aromatic rings. The third-order valence-electron chi connectivity index (χ3n) is 3.85. The molecule has 0 saturated heterocycles. The highest BCUT2D eigenvalue weighted by Crippen LogP contribution is 2.32. The maximum absolute atomic E-state index is 12.3. The topological polar surface area (TPSA) is 72.5 Å². The molecule has 0 spiro atoms. The van der Waals surface area contributed by atoms with Crippen molar-refractivity contribution in [2.24, 2.45) is 5.92 Å². The number of carbonyl (C=O) groups excluding carboxylic acids is 1. The van der Waals surface area contributed by atoms with Crippen LogP contribution < -0.4 is 20.1 Å². The minimum atomic E-state index is -0.259. The number of carbonyl (C=O) groups is 1. The first-order valence-corrected chi connectivity index (χ1v) is 8.53. The number of nitrogens with one attached hydrogen (secondary N) is 2. The average Bonchev–Trinajstić information content (AvgIpc) is 2.62. The molecule has 1 aliphatic heterocycles. The molecule has 0 aliphatic carbocycles. The van der Waals surface area contributed by atoms with E-state index in [1.807, 2.05) is 6.07 Å². The van der Waals surface area contributed by atoms with Crippen LogP contribution in [-0.2, 0) is 0 Å². The van der Waals surface area contributed by atoms with Gasteiger partial charge >= 0.3 is 0 Å². The monoisotopic (exact) mass is 341 g/mol. The fourth-order valence-electron chi connectivity index (χ4n) is 2.45. The van der Waals surface area contributed by atoms with Gasteiger partial charge < -0.3 is 20.1 Å². The maximum atomic E-state index is 12.3. The van der Waals surface area contributed by atoms with Crippen LogP contribution in [0.1, 0.15) is 30.8 Å². The number of anilines is 2. The first kappa shape index (κ1) is 17.1. The lowest BCUT2D eigenvalue weighted by Gasteiger charge is -2.19. The second-order valence-electron chi connectivity index (χ2n) is 6.35. The predicted octanol–water partition coefficient (Wildman–Crippen LogP) is 3.56. The molecule has 2 N–H and O–H groups in total. The number of aromatic nitrogens is 1. The molecule has 0 fully saturated rings. The molecule has 0 atom stereocenters. The molecule has 6 nitrogen and oxygen atoms in total. The highest BCUT2D eigenvalue weighted by atomic mass is 16.6. The van der Waals surface area contributed by atoms with E-state index in [2.05, 4.69) is 29.5 Å². The predicted molar refractivity (Wildman–Crippen MR) is 97.6 cm³/mol. The quantitative estimate of drug-likeness (QED) is 0.840. The van der Waals surface area contributed by atoms with Gasteiger partial charge in [0.05, 0.1) is 11.9 Å². The van der Waals surface area contributed by atoms with Crippen LogP contribution in [0.15, 0.2) is 36.5 Å². The Hall–Kier alpha value is -2.76. The summed E-state index contributed by atoms with van der Waals surface area (Å²) in [5.74, 6) is 1.72. The minimum absolute atomic E-state index is 0.259. The third-order valence-corrected chi connectivity index (χ3v) is 3.85. The van der Waals surface area contributed by atoms with E-state index < -0.39 is 0 Å². The van der Waals surface area contributed by atoms with E-state index in [-0.39, 0.29) is 5.91 Å². The van der Waals surface area contributed by atoms with Crippen LogP contribution in [0.3, 0.4) is 0 Å². The molecule has 2 heterocycles. The van der Waals surface area contributed by atoms with Crippen molar-refractivity contribution in [3.63, 3.8) is 0 Å². The lowest BCUT2D eigenvalue weighted by atomic mass is 10.1. The van der Waals surface area contributed by atoms with Crippen molar-refractivity contribution in [3.05, 3.63) is 42.2 Å². The highest BCUT2D eigenvalue weighted by Gasteiger charge is 2.14. The molecule has 0 radical (unpaired) electrons. The number of benzene rings is 1. The van der Waals surface area contributed by atoms with E-state index in [0.717, 1.165) is 18.7 Å². The minimum Gasteiger partial charge on any atom is -0.486 e. The van der Waals surface area contributed by atoms with Crippen molar-refractivity contribution < 1.29 is 14.3 Å². The largest absolute Gasteiger partial charge is 0.486 e. The molecule has 1 aliphatic rings. The van der Waals surface area contributed by atoms with Gasteiger partial charge in [0, 0.05) is 18.3 Å². The van der Waals surface area contributed by atoms with E-state index in [4.69, 9.17) is 9.47 Å². The molecule has 132 valence electrons. The van der Waals surface area contributed by atoms with Crippen molar-refractivity contribution in [2.75, 3.05) is 30.4 Å². The maximum Gasteiger partial charge on any atom is 0.274 e. The summed E-state index contributed by atoms with van der Waals surface area (Å²) < 4.78 is 11.0. The molecule has 25 heavy (non-hydrogen) atoms. The number of hydrogen-bond acceptors (Lipinski definition) is 5. The molecule has 1 amide bonds. The van der Waals surface area contributed by atoms with Crippen molar-refractivity contribution in [1.82, 2.24) is 4.98 Å². The van der Waals surface area contributed by atoms with E-state index in [0.29, 0.717) is 42.0 Å². The number of ether oxygens (including phenoxy) is 2. The van der Waals surface area contributed by atoms with Gasteiger partial charge in [-0.05, 0) is 36.6 Å². The fraction of sp³-hybridized carbons (Fsp3) is 0.368. The smallest absolute Gasteiger partial charge is 0.274 e. The van der Waals surface area contributed by atoms with Gasteiger partial charge in [0.2, 0.25) is 0 Å². The number of rotatable bonds is 6. The lowest BCUT2D eigenvalue weighted by molar-refractivity contribution is 0.102. The van der Waals surface area contributed by atoms with Crippen molar-refractivity contribution in [1.29, 1.82) is 0 Å². The Kier molecular flexibility index (Phi) is 5.38. The van der Waals surface area contributed by atoms with Crippen molar-refractivity contribution >= 4 is 17.3 Å². The van der Waals surface area contributed by atoms with E-state index >= 15 is 0 Å². The first-order chi connectivity index (χ1) is 12.1.